The zero-order valence-corrected chi connectivity index (χ0v) is 13.1. The molecule has 1 atom stereocenters. The Morgan fingerprint density at radius 3 is 2.91 bits per heavy atom. The van der Waals surface area contributed by atoms with Gasteiger partial charge in [0.25, 0.3) is 11.6 Å². The van der Waals surface area contributed by atoms with Gasteiger partial charge in [0.2, 0.25) is 0 Å². The monoisotopic (exact) mass is 299 g/mol. The average Bonchev–Trinajstić information content (AvgIpc) is 3.30. The molecule has 2 aliphatic rings. The van der Waals surface area contributed by atoms with Crippen LogP contribution in [0.25, 0.3) is 11.1 Å². The second-order valence-corrected chi connectivity index (χ2v) is 6.82. The van der Waals surface area contributed by atoms with Crippen LogP contribution < -0.4 is 0 Å². The number of pyridine rings is 1. The van der Waals surface area contributed by atoms with Crippen LogP contribution in [0.15, 0.2) is 10.6 Å². The van der Waals surface area contributed by atoms with Crippen molar-refractivity contribution in [3.63, 3.8) is 0 Å². The van der Waals surface area contributed by atoms with Crippen molar-refractivity contribution in [1.82, 2.24) is 15.0 Å². The van der Waals surface area contributed by atoms with Gasteiger partial charge in [0, 0.05) is 24.7 Å². The predicted octanol–water partition coefficient (Wildman–Crippen LogP) is 3.28. The number of aromatic nitrogens is 2. The summed E-state index contributed by atoms with van der Waals surface area (Å²) in [4.78, 5) is 19.6. The topological polar surface area (TPSA) is 59.2 Å². The third-order valence-electron chi connectivity index (χ3n) is 4.81. The molecule has 1 amide bonds. The van der Waals surface area contributed by atoms with E-state index >= 15 is 0 Å². The number of aryl methyl sites for hydroxylation is 1. The Morgan fingerprint density at radius 2 is 2.18 bits per heavy atom. The third kappa shape index (κ3) is 2.28. The molecule has 1 saturated carbocycles. The Balaban J connectivity index is 1.78. The van der Waals surface area contributed by atoms with Gasteiger partial charge in [-0.05, 0) is 44.6 Å². The van der Waals surface area contributed by atoms with Gasteiger partial charge in [-0.25, -0.2) is 4.98 Å². The minimum absolute atomic E-state index is 0.104. The Bertz CT molecular complexity index is 733. The van der Waals surface area contributed by atoms with Crippen LogP contribution in [0.4, 0.5) is 0 Å². The number of carbonyl (C=O) groups is 1. The number of rotatable bonds is 2. The first-order valence-electron chi connectivity index (χ1n) is 8.19. The first-order valence-corrected chi connectivity index (χ1v) is 8.19. The molecule has 5 nitrogen and oxygen atoms in total. The van der Waals surface area contributed by atoms with Gasteiger partial charge in [-0.2, -0.15) is 0 Å². The fourth-order valence-corrected chi connectivity index (χ4v) is 3.41. The highest BCUT2D eigenvalue weighted by Crippen LogP contribution is 2.40. The third-order valence-corrected chi connectivity index (χ3v) is 4.81. The normalized spacial score (nSPS) is 22.3. The van der Waals surface area contributed by atoms with Crippen molar-refractivity contribution in [1.29, 1.82) is 0 Å². The fourth-order valence-electron chi connectivity index (χ4n) is 3.41. The molecule has 0 radical (unpaired) electrons. The van der Waals surface area contributed by atoms with Crippen LogP contribution in [0.3, 0.4) is 0 Å². The molecule has 116 valence electrons. The molecule has 2 aromatic heterocycles. The van der Waals surface area contributed by atoms with Gasteiger partial charge in [-0.3, -0.25) is 4.79 Å². The smallest absolute Gasteiger partial charge is 0.259 e. The van der Waals surface area contributed by atoms with Crippen LogP contribution in [-0.2, 0) is 0 Å². The van der Waals surface area contributed by atoms with E-state index in [9.17, 15) is 4.79 Å². The van der Waals surface area contributed by atoms with Gasteiger partial charge in [-0.1, -0.05) is 12.1 Å². The lowest BCUT2D eigenvalue weighted by Crippen LogP contribution is -2.39. The molecule has 0 aromatic carbocycles. The van der Waals surface area contributed by atoms with E-state index in [1.165, 1.54) is 6.42 Å². The van der Waals surface area contributed by atoms with Crippen LogP contribution in [0.2, 0.25) is 0 Å². The van der Waals surface area contributed by atoms with Gasteiger partial charge < -0.3 is 9.42 Å². The van der Waals surface area contributed by atoms with E-state index in [0.29, 0.717) is 17.5 Å². The summed E-state index contributed by atoms with van der Waals surface area (Å²) in [6.45, 7) is 5.77. The average molecular weight is 299 g/mol. The lowest BCUT2D eigenvalue weighted by atomic mass is 9.98. The van der Waals surface area contributed by atoms with Crippen molar-refractivity contribution < 1.29 is 9.32 Å². The quantitative estimate of drug-likeness (QED) is 0.854. The summed E-state index contributed by atoms with van der Waals surface area (Å²) in [6.07, 6.45) is 4.59. The number of fused-ring (bicyclic) bond motifs is 1. The predicted molar refractivity (Wildman–Crippen MR) is 82.8 cm³/mol. The Morgan fingerprint density at radius 1 is 1.36 bits per heavy atom. The molecule has 3 heterocycles. The molecule has 1 aliphatic heterocycles. The number of hydrogen-bond donors (Lipinski definition) is 0. The summed E-state index contributed by atoms with van der Waals surface area (Å²) in [5.41, 5.74) is 2.96. The maximum Gasteiger partial charge on any atom is 0.259 e. The molecule has 1 aliphatic carbocycles. The summed E-state index contributed by atoms with van der Waals surface area (Å²) >= 11 is 0. The molecule has 2 fully saturated rings. The van der Waals surface area contributed by atoms with Gasteiger partial charge >= 0.3 is 0 Å². The van der Waals surface area contributed by atoms with E-state index in [0.717, 1.165) is 54.7 Å². The second-order valence-electron chi connectivity index (χ2n) is 6.82. The minimum Gasteiger partial charge on any atom is -0.338 e. The Labute approximate surface area is 129 Å². The van der Waals surface area contributed by atoms with Crippen LogP contribution in [0.5, 0.6) is 0 Å². The molecule has 22 heavy (non-hydrogen) atoms. The van der Waals surface area contributed by atoms with E-state index < -0.39 is 0 Å². The van der Waals surface area contributed by atoms with Crippen molar-refractivity contribution in [2.75, 3.05) is 13.1 Å². The molecule has 4 rings (SSSR count). The molecule has 2 aromatic rings. The van der Waals surface area contributed by atoms with E-state index in [1.54, 1.807) is 0 Å². The standard InChI is InChI=1S/C17H21N3O2/c1-10-4-3-7-20(9-10)17(21)13-8-14(12-5-6-12)18-16-15(13)11(2)19-22-16/h8,10,12H,3-7,9H2,1-2H3/t10-/m0/s1. The molecular weight excluding hydrogens is 278 g/mol. The summed E-state index contributed by atoms with van der Waals surface area (Å²) in [6, 6.07) is 1.98. The van der Waals surface area contributed by atoms with Gasteiger partial charge in [-0.15, -0.1) is 0 Å². The van der Waals surface area contributed by atoms with Crippen LogP contribution in [0, 0.1) is 12.8 Å². The lowest BCUT2D eigenvalue weighted by Gasteiger charge is -2.31. The molecule has 0 spiro atoms. The number of piperidine rings is 1. The van der Waals surface area contributed by atoms with Crippen molar-refractivity contribution >= 4 is 17.0 Å². The van der Waals surface area contributed by atoms with Crippen LogP contribution in [0.1, 0.15) is 60.3 Å². The highest BCUT2D eigenvalue weighted by molar-refractivity contribution is 6.06. The van der Waals surface area contributed by atoms with Crippen molar-refractivity contribution in [3.05, 3.63) is 23.0 Å². The Kier molecular flexibility index (Phi) is 3.17. The zero-order valence-electron chi connectivity index (χ0n) is 13.1. The number of amides is 1. The van der Waals surface area contributed by atoms with Crippen LogP contribution >= 0.6 is 0 Å². The first kappa shape index (κ1) is 13.7. The van der Waals surface area contributed by atoms with Crippen molar-refractivity contribution in [2.24, 2.45) is 5.92 Å². The number of likely N-dealkylation sites (tertiary alicyclic amines) is 1. The van der Waals surface area contributed by atoms with E-state index in [4.69, 9.17) is 4.52 Å². The Hall–Kier alpha value is -1.91. The van der Waals surface area contributed by atoms with E-state index in [2.05, 4.69) is 17.1 Å². The van der Waals surface area contributed by atoms with Gasteiger partial charge in [0.1, 0.15) is 0 Å². The van der Waals surface area contributed by atoms with Gasteiger partial charge in [0.05, 0.1) is 16.6 Å². The van der Waals surface area contributed by atoms with E-state index in [1.807, 2.05) is 17.9 Å². The van der Waals surface area contributed by atoms with Crippen LogP contribution in [-0.4, -0.2) is 34.0 Å². The fraction of sp³-hybridized carbons (Fsp3) is 0.588. The first-order chi connectivity index (χ1) is 10.6. The zero-order chi connectivity index (χ0) is 15.3. The van der Waals surface area contributed by atoms with Gasteiger partial charge in [0.15, 0.2) is 0 Å². The SMILES string of the molecule is Cc1noc2nc(C3CC3)cc(C(=O)N3CCC[C@H](C)C3)c12. The highest BCUT2D eigenvalue weighted by Gasteiger charge is 2.30. The van der Waals surface area contributed by atoms with Crippen molar-refractivity contribution in [2.45, 2.75) is 45.4 Å². The maximum absolute atomic E-state index is 13.0. The molecule has 5 heteroatoms. The molecule has 1 saturated heterocycles. The highest BCUT2D eigenvalue weighted by atomic mass is 16.5. The van der Waals surface area contributed by atoms with Crippen molar-refractivity contribution in [3.8, 4) is 0 Å². The molecule has 0 bridgehead atoms. The molecule has 0 unspecified atom stereocenters. The summed E-state index contributed by atoms with van der Waals surface area (Å²) in [5, 5.41) is 4.80. The second kappa shape index (κ2) is 5.07. The summed E-state index contributed by atoms with van der Waals surface area (Å²) < 4.78 is 5.33. The summed E-state index contributed by atoms with van der Waals surface area (Å²) in [5.74, 6) is 1.16. The molecule has 0 N–H and O–H groups in total. The number of nitrogens with zero attached hydrogens (tertiary/aromatic N) is 3. The summed E-state index contributed by atoms with van der Waals surface area (Å²) in [7, 11) is 0. The molecular formula is C17H21N3O2. The lowest BCUT2D eigenvalue weighted by molar-refractivity contribution is 0.0685. The maximum atomic E-state index is 13.0. The van der Waals surface area contributed by atoms with E-state index in [-0.39, 0.29) is 5.91 Å². The number of carbonyl (C=O) groups excluding carboxylic acids is 1. The minimum atomic E-state index is 0.104. The largest absolute Gasteiger partial charge is 0.338 e. The number of hydrogen-bond acceptors (Lipinski definition) is 4.